The van der Waals surface area contributed by atoms with E-state index in [0.29, 0.717) is 23.5 Å². The van der Waals surface area contributed by atoms with Crippen LogP contribution in [0.25, 0.3) is 0 Å². The van der Waals surface area contributed by atoms with Crippen molar-refractivity contribution in [1.82, 2.24) is 0 Å². The molecule has 0 bridgehead atoms. The van der Waals surface area contributed by atoms with Crippen LogP contribution in [0.5, 0.6) is 0 Å². The zero-order valence-corrected chi connectivity index (χ0v) is 11.9. The maximum atomic E-state index is 12.8. The van der Waals surface area contributed by atoms with Gasteiger partial charge in [0, 0.05) is 14.2 Å². The molecule has 0 radical (unpaired) electrons. The Balaban J connectivity index is 0.00000264. The van der Waals surface area contributed by atoms with Crippen LogP contribution in [-0.2, 0) is 4.74 Å². The first-order valence-corrected chi connectivity index (χ1v) is 6.69. The van der Waals surface area contributed by atoms with Gasteiger partial charge in [0.05, 0.1) is 12.2 Å². The van der Waals surface area contributed by atoms with Crippen molar-refractivity contribution in [1.29, 1.82) is 0 Å². The molecule has 0 atom stereocenters. The van der Waals surface area contributed by atoms with Gasteiger partial charge < -0.3 is 15.4 Å². The molecule has 2 aromatic carbocycles. The molecule has 22 heavy (non-hydrogen) atoms. The third-order valence-corrected chi connectivity index (χ3v) is 2.76. The van der Waals surface area contributed by atoms with Gasteiger partial charge in [0.1, 0.15) is 5.82 Å². The summed E-state index contributed by atoms with van der Waals surface area (Å²) in [5, 5.41) is 5.17. The molecule has 0 aliphatic heterocycles. The molecule has 0 spiro atoms. The molecule has 0 heterocycles. The average Bonchev–Trinajstić information content (AvgIpc) is 2.50. The van der Waals surface area contributed by atoms with Gasteiger partial charge in [-0.15, -0.1) is 0 Å². The van der Waals surface area contributed by atoms with Gasteiger partial charge in [-0.1, -0.05) is 0 Å². The fraction of sp³-hybridized carbons (Fsp3) is 0.125. The maximum absolute atomic E-state index is 12.8. The fourth-order valence-corrected chi connectivity index (χ4v) is 1.73. The van der Waals surface area contributed by atoms with Crippen LogP contribution in [0.1, 0.15) is 20.1 Å². The molecule has 6 heteroatoms. The minimum Gasteiger partial charge on any atom is -0.462 e. The molecule has 0 unspecified atom stereocenters. The first-order valence-electron chi connectivity index (χ1n) is 6.69. The lowest BCUT2D eigenvalue weighted by atomic mass is 10.2. The van der Waals surface area contributed by atoms with Gasteiger partial charge in [0.25, 0.3) is 0 Å². The van der Waals surface area contributed by atoms with Gasteiger partial charge >= 0.3 is 12.0 Å². The first kappa shape index (κ1) is 15.5. The van der Waals surface area contributed by atoms with Crippen molar-refractivity contribution < 1.29 is 21.6 Å². The van der Waals surface area contributed by atoms with Crippen molar-refractivity contribution in [2.75, 3.05) is 17.2 Å². The summed E-state index contributed by atoms with van der Waals surface area (Å²) >= 11 is 0. The van der Waals surface area contributed by atoms with Gasteiger partial charge in [-0.3, -0.25) is 0 Å². The summed E-state index contributed by atoms with van der Waals surface area (Å²) in [4.78, 5) is 23.3. The number of halogens is 1. The molecular weight excluding hydrogens is 287 g/mol. The second-order valence-electron chi connectivity index (χ2n) is 4.38. The summed E-state index contributed by atoms with van der Waals surface area (Å²) < 4.78 is 17.6. The molecule has 2 aromatic rings. The Morgan fingerprint density at radius 2 is 1.50 bits per heavy atom. The van der Waals surface area contributed by atoms with Crippen molar-refractivity contribution in [2.45, 2.75) is 6.92 Å². The van der Waals surface area contributed by atoms with Crippen molar-refractivity contribution in [3.05, 3.63) is 59.9 Å². The number of ether oxygens (including phenoxy) is 1. The van der Waals surface area contributed by atoms with E-state index >= 15 is 0 Å². The van der Waals surface area contributed by atoms with Crippen LogP contribution < -0.4 is 10.6 Å². The third-order valence-electron chi connectivity index (χ3n) is 2.76. The van der Waals surface area contributed by atoms with E-state index in [1.54, 1.807) is 31.2 Å². The van der Waals surface area contributed by atoms with Gasteiger partial charge in [-0.05, 0) is 55.5 Å². The molecule has 118 valence electrons. The molecule has 2 N–H and O–H groups in total. The Morgan fingerprint density at radius 3 is 2.00 bits per heavy atom. The Hall–Kier alpha value is -2.89. The van der Waals surface area contributed by atoms with E-state index in [2.05, 4.69) is 10.6 Å². The minimum absolute atomic E-state index is 0. The summed E-state index contributed by atoms with van der Waals surface area (Å²) in [6.45, 7) is 2.03. The van der Waals surface area contributed by atoms with Crippen LogP contribution in [0.15, 0.2) is 48.5 Å². The zero-order chi connectivity index (χ0) is 15.9. The molecule has 0 fully saturated rings. The van der Waals surface area contributed by atoms with Crippen LogP contribution in [-0.4, -0.2) is 18.6 Å². The first-order chi connectivity index (χ1) is 10.6. The molecule has 0 aromatic heterocycles. The highest BCUT2D eigenvalue weighted by atomic mass is 19.1. The topological polar surface area (TPSA) is 67.4 Å². The number of anilines is 2. The SMILES string of the molecule is CCOC(=O)c1ccc(NC(=O)Nc2ccc(F)cc2)cc1.[HH].[HH]. The molecule has 0 saturated heterocycles. The highest BCUT2D eigenvalue weighted by Crippen LogP contribution is 2.12. The van der Waals surface area contributed by atoms with Crippen molar-refractivity contribution in [3.63, 3.8) is 0 Å². The molecule has 0 aliphatic carbocycles. The lowest BCUT2D eigenvalue weighted by Gasteiger charge is -2.08. The lowest BCUT2D eigenvalue weighted by Crippen LogP contribution is -2.19. The minimum atomic E-state index is -0.463. The van der Waals surface area contributed by atoms with Gasteiger partial charge in [0.2, 0.25) is 0 Å². The van der Waals surface area contributed by atoms with Crippen molar-refractivity contribution >= 4 is 23.4 Å². The number of hydrogen-bond acceptors (Lipinski definition) is 3. The quantitative estimate of drug-likeness (QED) is 0.834. The highest BCUT2D eigenvalue weighted by molar-refractivity contribution is 6.00. The number of urea groups is 1. The number of benzene rings is 2. The van der Waals surface area contributed by atoms with Crippen LogP contribution in [0.4, 0.5) is 20.6 Å². The van der Waals surface area contributed by atoms with E-state index in [1.165, 1.54) is 24.3 Å². The van der Waals surface area contributed by atoms with Crippen molar-refractivity contribution in [3.8, 4) is 0 Å². The zero-order valence-electron chi connectivity index (χ0n) is 11.9. The Morgan fingerprint density at radius 1 is 1.00 bits per heavy atom. The monoisotopic (exact) mass is 306 g/mol. The van der Waals surface area contributed by atoms with E-state index in [1.807, 2.05) is 0 Å². The fourth-order valence-electron chi connectivity index (χ4n) is 1.73. The highest BCUT2D eigenvalue weighted by Gasteiger charge is 2.07. The average molecular weight is 306 g/mol. The smallest absolute Gasteiger partial charge is 0.338 e. The van der Waals surface area contributed by atoms with Gasteiger partial charge in [0.15, 0.2) is 0 Å². The van der Waals surface area contributed by atoms with Crippen LogP contribution >= 0.6 is 0 Å². The molecular formula is C16H19FN2O3. The van der Waals surface area contributed by atoms with Crippen LogP contribution in [0, 0.1) is 5.82 Å². The summed E-state index contributed by atoms with van der Waals surface area (Å²) in [7, 11) is 0. The molecule has 2 amide bonds. The number of nitrogens with one attached hydrogen (secondary N) is 2. The standard InChI is InChI=1S/C16H15FN2O3.2H2/c1-2-22-15(20)11-3-7-13(8-4-11)18-16(21)19-14-9-5-12(17)6-10-14;;/h3-10H,2H2,1H3,(H2,18,19,21);2*1H. The summed E-state index contributed by atoms with van der Waals surface area (Å²) in [6.07, 6.45) is 0. The summed E-state index contributed by atoms with van der Waals surface area (Å²) in [5.74, 6) is -0.787. The summed E-state index contributed by atoms with van der Waals surface area (Å²) in [6, 6.07) is 11.3. The predicted molar refractivity (Wildman–Crippen MR) is 85.7 cm³/mol. The Labute approximate surface area is 130 Å². The second-order valence-corrected chi connectivity index (χ2v) is 4.38. The molecule has 5 nitrogen and oxygen atoms in total. The largest absolute Gasteiger partial charge is 0.462 e. The second kappa shape index (κ2) is 7.21. The Bertz CT molecular complexity index is 664. The number of esters is 1. The van der Waals surface area contributed by atoms with E-state index in [-0.39, 0.29) is 8.67 Å². The third kappa shape index (κ3) is 4.31. The predicted octanol–water partition coefficient (Wildman–Crippen LogP) is 4.14. The van der Waals surface area contributed by atoms with Crippen molar-refractivity contribution in [2.24, 2.45) is 0 Å². The molecule has 0 aliphatic rings. The number of hydrogen-bond donors (Lipinski definition) is 2. The normalized spacial score (nSPS) is 9.91. The van der Waals surface area contributed by atoms with E-state index in [9.17, 15) is 14.0 Å². The number of rotatable bonds is 4. The molecule has 0 saturated carbocycles. The number of carbonyl (C=O) groups excluding carboxylic acids is 2. The maximum Gasteiger partial charge on any atom is 0.338 e. The van der Waals surface area contributed by atoms with E-state index in [0.717, 1.165) is 0 Å². The number of carbonyl (C=O) groups is 2. The van der Waals surface area contributed by atoms with E-state index in [4.69, 9.17) is 4.74 Å². The van der Waals surface area contributed by atoms with Gasteiger partial charge in [-0.2, -0.15) is 0 Å². The van der Waals surface area contributed by atoms with Crippen LogP contribution in [0.3, 0.4) is 0 Å². The van der Waals surface area contributed by atoms with Crippen LogP contribution in [0.2, 0.25) is 0 Å². The molecule has 2 rings (SSSR count). The lowest BCUT2D eigenvalue weighted by molar-refractivity contribution is 0.0526. The number of amides is 2. The Kier molecular flexibility index (Phi) is 5.08. The van der Waals surface area contributed by atoms with E-state index < -0.39 is 12.0 Å². The van der Waals surface area contributed by atoms with Gasteiger partial charge in [-0.25, -0.2) is 14.0 Å². The summed E-state index contributed by atoms with van der Waals surface area (Å²) in [5.41, 5.74) is 1.40.